The number of halogens is 34. The lowest BCUT2D eigenvalue weighted by Crippen LogP contribution is -2.74. The number of alkyl halides is 34. The molecule has 0 unspecified atom stereocenters. The number of hydrogen-bond acceptors (Lipinski definition) is 3. The van der Waals surface area contributed by atoms with Gasteiger partial charge in [0.15, 0.2) is 0 Å². The summed E-state index contributed by atoms with van der Waals surface area (Å²) in [7, 11) is -4.87. The van der Waals surface area contributed by atoms with Gasteiger partial charge >= 0.3 is 104 Å². The SMILES string of the molecule is O=[P+](OCCC(F)(F)C(F)(F)C(F)(F)C(F)(F)C(F)(F)C(F)(F)C(F)(F)C(F)(F)F)OCCC(F)(F)C(F)(F)C(F)(F)C(F)(F)C(F)(F)C(F)(F)C(F)(F)C(F)(F)F. The van der Waals surface area contributed by atoms with E-state index in [9.17, 15) is 154 Å². The van der Waals surface area contributed by atoms with Crippen molar-refractivity contribution < 1.29 is 163 Å². The second-order valence-electron chi connectivity index (χ2n) is 10.7. The van der Waals surface area contributed by atoms with Crippen molar-refractivity contribution in [1.82, 2.24) is 0 Å². The Morgan fingerprint density at radius 2 is 0.414 bits per heavy atom. The molecule has 0 N–H and O–H groups in total. The summed E-state index contributed by atoms with van der Waals surface area (Å²) in [6.07, 6.45) is -23.3. The average Bonchev–Trinajstić information content (AvgIpc) is 2.98. The molecule has 0 atom stereocenters. The molecule has 0 spiro atoms. The van der Waals surface area contributed by atoms with Crippen LogP contribution in [0.3, 0.4) is 0 Å². The highest BCUT2D eigenvalue weighted by Gasteiger charge is 2.97. The molecule has 0 fully saturated rings. The molecule has 348 valence electrons. The molecule has 0 saturated heterocycles. The maximum absolute atomic E-state index is 13.8. The van der Waals surface area contributed by atoms with Gasteiger partial charge in [-0.05, 0) is 0 Å². The molecule has 0 aromatic heterocycles. The van der Waals surface area contributed by atoms with Crippen molar-refractivity contribution in [3.05, 3.63) is 0 Å². The van der Waals surface area contributed by atoms with Crippen molar-refractivity contribution >= 4 is 8.25 Å². The van der Waals surface area contributed by atoms with E-state index >= 15 is 0 Å². The van der Waals surface area contributed by atoms with E-state index in [1.165, 1.54) is 0 Å². The van der Waals surface area contributed by atoms with Gasteiger partial charge in [0.2, 0.25) is 0 Å². The zero-order valence-corrected chi connectivity index (χ0v) is 26.2. The Labute approximate surface area is 293 Å². The lowest BCUT2D eigenvalue weighted by atomic mass is 9.88. The predicted molar refractivity (Wildman–Crippen MR) is 110 cm³/mol. The monoisotopic (exact) mass is 973 g/mol. The average molecular weight is 973 g/mol. The van der Waals surface area contributed by atoms with E-state index in [4.69, 9.17) is 0 Å². The first-order chi connectivity index (χ1) is 24.6. The predicted octanol–water partition coefficient (Wildman–Crippen LogP) is 12.5. The Morgan fingerprint density at radius 3 is 0.586 bits per heavy atom. The van der Waals surface area contributed by atoms with Crippen molar-refractivity contribution in [3.63, 3.8) is 0 Å². The summed E-state index contributed by atoms with van der Waals surface area (Å²) in [5, 5.41) is 0. The van der Waals surface area contributed by atoms with Gasteiger partial charge in [0, 0.05) is 17.4 Å². The lowest BCUT2D eigenvalue weighted by molar-refractivity contribution is -0.461. The third kappa shape index (κ3) is 7.85. The first-order valence-corrected chi connectivity index (χ1v) is 13.9. The Hall–Kier alpha value is -2.36. The van der Waals surface area contributed by atoms with Gasteiger partial charge in [0.05, 0.1) is 0 Å². The van der Waals surface area contributed by atoms with E-state index in [-0.39, 0.29) is 0 Å². The third-order valence-corrected chi connectivity index (χ3v) is 7.59. The fourth-order valence-corrected chi connectivity index (χ4v) is 3.80. The summed E-state index contributed by atoms with van der Waals surface area (Å²) in [6.45, 7) is -5.72. The van der Waals surface area contributed by atoms with Crippen molar-refractivity contribution in [2.24, 2.45) is 0 Å². The van der Waals surface area contributed by atoms with Crippen LogP contribution in [0.2, 0.25) is 0 Å². The Balaban J connectivity index is 6.12. The highest BCUT2D eigenvalue weighted by Crippen LogP contribution is 2.66. The molecule has 0 aromatic rings. The van der Waals surface area contributed by atoms with Crippen molar-refractivity contribution in [3.8, 4) is 0 Å². The van der Waals surface area contributed by atoms with Gasteiger partial charge in [0.1, 0.15) is 13.2 Å². The summed E-state index contributed by atoms with van der Waals surface area (Å²) in [5.41, 5.74) is 0. The Bertz CT molecular complexity index is 1350. The van der Waals surface area contributed by atoms with E-state index < -0.39 is 130 Å². The van der Waals surface area contributed by atoms with Crippen LogP contribution in [0, 0.1) is 0 Å². The molecule has 0 amide bonds. The highest BCUT2D eigenvalue weighted by molar-refractivity contribution is 7.33. The van der Waals surface area contributed by atoms with Crippen LogP contribution in [0.25, 0.3) is 0 Å². The minimum Gasteiger partial charge on any atom is -0.200 e. The highest BCUT2D eigenvalue weighted by atomic mass is 31.1. The summed E-state index contributed by atoms with van der Waals surface area (Å²) < 4.78 is 467. The van der Waals surface area contributed by atoms with Gasteiger partial charge in [-0.3, -0.25) is 0 Å². The molecular weight excluding hydrogens is 965 g/mol. The van der Waals surface area contributed by atoms with Crippen molar-refractivity contribution in [2.45, 2.75) is 108 Å². The molecule has 0 saturated carbocycles. The minimum absolute atomic E-state index is 2.86. The van der Waals surface area contributed by atoms with E-state index in [0.717, 1.165) is 0 Å². The van der Waals surface area contributed by atoms with Gasteiger partial charge in [-0.1, -0.05) is 0 Å². The Kier molecular flexibility index (Phi) is 14.3. The van der Waals surface area contributed by atoms with Crippen LogP contribution in [0.15, 0.2) is 0 Å². The zero-order chi connectivity index (χ0) is 47.8. The number of rotatable bonds is 20. The second kappa shape index (κ2) is 14.9. The van der Waals surface area contributed by atoms with Crippen molar-refractivity contribution in [2.75, 3.05) is 13.2 Å². The molecule has 0 aliphatic heterocycles. The summed E-state index contributed by atoms with van der Waals surface area (Å²) in [5.74, 6) is -120. The van der Waals surface area contributed by atoms with Crippen molar-refractivity contribution in [1.29, 1.82) is 0 Å². The molecule has 0 aromatic carbocycles. The number of hydrogen-bond donors (Lipinski definition) is 0. The van der Waals surface area contributed by atoms with Gasteiger partial charge in [0.25, 0.3) is 0 Å². The molecular formula is C20H8F34O3P+. The zero-order valence-electron chi connectivity index (χ0n) is 25.4. The van der Waals surface area contributed by atoms with Crippen LogP contribution < -0.4 is 0 Å². The van der Waals surface area contributed by atoms with E-state index in [1.54, 1.807) is 0 Å². The standard InChI is InChI=1S/C20H8F34O3P/c21-5(22,7(25,26)9(29,30)11(33,34)13(37,38)15(41,42)17(45,46)19(49,50)51)1-3-56-58(55)57-4-2-6(23,24)8(27,28)10(31,32)12(35,36)14(39,40)16(43,44)18(47,48)20(52,53)54/h1-4H2/q+1. The summed E-state index contributed by atoms with van der Waals surface area (Å²) in [6, 6.07) is 0. The lowest BCUT2D eigenvalue weighted by Gasteiger charge is -2.42. The molecule has 58 heavy (non-hydrogen) atoms. The molecule has 0 radical (unpaired) electrons. The molecule has 0 bridgehead atoms. The molecule has 38 heteroatoms. The van der Waals surface area contributed by atoms with Gasteiger partial charge in [-0.15, -0.1) is 9.05 Å². The summed E-state index contributed by atoms with van der Waals surface area (Å²) >= 11 is 0. The summed E-state index contributed by atoms with van der Waals surface area (Å²) in [4.78, 5) is 0. The van der Waals surface area contributed by atoms with Gasteiger partial charge < -0.3 is 0 Å². The van der Waals surface area contributed by atoms with Crippen LogP contribution in [-0.4, -0.2) is 108 Å². The molecule has 0 aliphatic carbocycles. The normalized spacial score (nSPS) is 16.6. The van der Waals surface area contributed by atoms with Crippen LogP contribution >= 0.6 is 8.25 Å². The maximum Gasteiger partial charge on any atom is 0.697 e. The minimum atomic E-state index is -9.06. The van der Waals surface area contributed by atoms with E-state index in [1.807, 2.05) is 0 Å². The van der Waals surface area contributed by atoms with Crippen LogP contribution in [0.4, 0.5) is 149 Å². The maximum atomic E-state index is 13.8. The molecule has 0 rings (SSSR count). The second-order valence-corrected chi connectivity index (χ2v) is 11.7. The largest absolute Gasteiger partial charge is 0.697 e. The van der Waals surface area contributed by atoms with Gasteiger partial charge in [-0.2, -0.15) is 149 Å². The van der Waals surface area contributed by atoms with Gasteiger partial charge in [-0.25, -0.2) is 0 Å². The first-order valence-electron chi connectivity index (χ1n) is 12.8. The fraction of sp³-hybridized carbons (Fsp3) is 1.00. The molecule has 3 nitrogen and oxygen atoms in total. The molecule has 0 aliphatic rings. The topological polar surface area (TPSA) is 35.5 Å². The fourth-order valence-electron chi connectivity index (χ4n) is 3.24. The van der Waals surface area contributed by atoms with Crippen LogP contribution in [0.1, 0.15) is 12.8 Å². The third-order valence-electron chi connectivity index (χ3n) is 6.80. The smallest absolute Gasteiger partial charge is 0.200 e. The quantitative estimate of drug-likeness (QED) is 0.0901. The van der Waals surface area contributed by atoms with Crippen LogP contribution in [-0.2, 0) is 13.6 Å². The Morgan fingerprint density at radius 1 is 0.259 bits per heavy atom. The molecule has 0 heterocycles. The first kappa shape index (κ1) is 55.6. The van der Waals surface area contributed by atoms with E-state index in [2.05, 4.69) is 9.05 Å². The van der Waals surface area contributed by atoms with Crippen LogP contribution in [0.5, 0.6) is 0 Å². The van der Waals surface area contributed by atoms with E-state index in [0.29, 0.717) is 0 Å².